The molecule has 0 radical (unpaired) electrons. The topological polar surface area (TPSA) is 21.3 Å². The molecule has 82 valence electrons. The zero-order valence-corrected chi connectivity index (χ0v) is 9.14. The highest BCUT2D eigenvalue weighted by molar-refractivity contribution is 5.59. The van der Waals surface area contributed by atoms with Gasteiger partial charge in [-0.1, -0.05) is 6.07 Å². The molecule has 1 aromatic rings. The van der Waals surface area contributed by atoms with Crippen LogP contribution in [0.1, 0.15) is 25.8 Å². The molecule has 0 aromatic heterocycles. The first-order chi connectivity index (χ1) is 7.06. The van der Waals surface area contributed by atoms with E-state index in [2.05, 4.69) is 5.32 Å². The quantitative estimate of drug-likeness (QED) is 0.808. The molecule has 15 heavy (non-hydrogen) atoms. The number of fused-ring (bicyclic) bond motifs is 1. The zero-order valence-electron chi connectivity index (χ0n) is 9.14. The summed E-state index contributed by atoms with van der Waals surface area (Å²) < 4.78 is 18.7. The van der Waals surface area contributed by atoms with Gasteiger partial charge in [-0.25, -0.2) is 0 Å². The third kappa shape index (κ3) is 2.41. The Kier molecular flexibility index (Phi) is 2.55. The fraction of sp³-hybridized carbons (Fsp3) is 0.500. The molecule has 0 atom stereocenters. The van der Waals surface area contributed by atoms with E-state index in [1.807, 2.05) is 18.2 Å². The molecule has 2 rings (SSSR count). The lowest BCUT2D eigenvalue weighted by Gasteiger charge is -2.24. The number of nitrogens with one attached hydrogen (secondary N) is 1. The minimum absolute atomic E-state index is 0.659. The van der Waals surface area contributed by atoms with Gasteiger partial charge in [0.15, 0.2) is 0 Å². The summed E-state index contributed by atoms with van der Waals surface area (Å²) >= 11 is 0. The molecule has 1 heterocycles. The van der Waals surface area contributed by atoms with E-state index >= 15 is 0 Å². The minimum atomic E-state index is -1.62. The lowest BCUT2D eigenvalue weighted by molar-refractivity contribution is -0.0264. The predicted octanol–water partition coefficient (Wildman–Crippen LogP) is 3.13. The number of benzene rings is 1. The van der Waals surface area contributed by atoms with Crippen molar-refractivity contribution in [2.75, 3.05) is 11.9 Å². The van der Waals surface area contributed by atoms with Gasteiger partial charge in [0.2, 0.25) is 5.85 Å². The number of halogens is 1. The second-order valence-electron chi connectivity index (χ2n) is 4.28. The van der Waals surface area contributed by atoms with Crippen molar-refractivity contribution in [3.8, 4) is 5.75 Å². The van der Waals surface area contributed by atoms with Crippen molar-refractivity contribution in [2.45, 2.75) is 32.5 Å². The van der Waals surface area contributed by atoms with E-state index in [1.165, 1.54) is 13.8 Å². The molecule has 0 spiro atoms. The monoisotopic (exact) mass is 209 g/mol. The lowest BCUT2D eigenvalue weighted by Crippen LogP contribution is -2.23. The van der Waals surface area contributed by atoms with E-state index in [0.29, 0.717) is 5.75 Å². The first kappa shape index (κ1) is 10.3. The summed E-state index contributed by atoms with van der Waals surface area (Å²) in [5.74, 6) is -0.959. The number of alkyl halides is 1. The fourth-order valence-electron chi connectivity index (χ4n) is 1.83. The Balaban J connectivity index is 2.31. The highest BCUT2D eigenvalue weighted by atomic mass is 19.2. The SMILES string of the molecule is CC(C)(F)Oc1cccc2c1CCCN2. The first-order valence-electron chi connectivity index (χ1n) is 5.30. The maximum atomic E-state index is 13.4. The van der Waals surface area contributed by atoms with E-state index in [1.54, 1.807) is 0 Å². The van der Waals surface area contributed by atoms with Gasteiger partial charge in [0, 0.05) is 31.6 Å². The van der Waals surface area contributed by atoms with Crippen molar-refractivity contribution >= 4 is 5.69 Å². The molecule has 3 heteroatoms. The zero-order chi connectivity index (χ0) is 10.9. The van der Waals surface area contributed by atoms with Crippen molar-refractivity contribution < 1.29 is 9.13 Å². The van der Waals surface area contributed by atoms with Gasteiger partial charge in [-0.3, -0.25) is 0 Å². The van der Waals surface area contributed by atoms with Crippen LogP contribution in [-0.2, 0) is 6.42 Å². The Labute approximate surface area is 89.4 Å². The molecule has 1 N–H and O–H groups in total. The Morgan fingerprint density at radius 1 is 1.40 bits per heavy atom. The van der Waals surface area contributed by atoms with Gasteiger partial charge in [0.1, 0.15) is 5.75 Å². The second-order valence-corrected chi connectivity index (χ2v) is 4.28. The van der Waals surface area contributed by atoms with Gasteiger partial charge in [-0.2, -0.15) is 4.39 Å². The molecule has 0 amide bonds. The van der Waals surface area contributed by atoms with Gasteiger partial charge >= 0.3 is 0 Å². The highest BCUT2D eigenvalue weighted by Crippen LogP contribution is 2.32. The van der Waals surface area contributed by atoms with E-state index in [-0.39, 0.29) is 0 Å². The Bertz CT molecular complexity index is 357. The van der Waals surface area contributed by atoms with Crippen LogP contribution < -0.4 is 10.1 Å². The normalized spacial score (nSPS) is 15.4. The van der Waals surface area contributed by atoms with Crippen molar-refractivity contribution in [1.82, 2.24) is 0 Å². The fourth-order valence-corrected chi connectivity index (χ4v) is 1.83. The van der Waals surface area contributed by atoms with E-state index in [4.69, 9.17) is 4.74 Å². The van der Waals surface area contributed by atoms with Gasteiger partial charge in [0.25, 0.3) is 0 Å². The van der Waals surface area contributed by atoms with E-state index in [0.717, 1.165) is 30.6 Å². The van der Waals surface area contributed by atoms with Crippen LogP contribution in [0.2, 0.25) is 0 Å². The number of rotatable bonds is 2. The highest BCUT2D eigenvalue weighted by Gasteiger charge is 2.21. The van der Waals surface area contributed by atoms with Crippen LogP contribution in [0.5, 0.6) is 5.75 Å². The number of ether oxygens (including phenoxy) is 1. The molecule has 1 aromatic carbocycles. The van der Waals surface area contributed by atoms with Crippen molar-refractivity contribution in [1.29, 1.82) is 0 Å². The predicted molar refractivity (Wildman–Crippen MR) is 59.1 cm³/mol. The molecule has 0 bridgehead atoms. The summed E-state index contributed by atoms with van der Waals surface area (Å²) in [7, 11) is 0. The first-order valence-corrected chi connectivity index (χ1v) is 5.30. The summed E-state index contributed by atoms with van der Waals surface area (Å²) in [5.41, 5.74) is 2.16. The van der Waals surface area contributed by atoms with Gasteiger partial charge in [-0.05, 0) is 25.0 Å². The number of hydrogen-bond acceptors (Lipinski definition) is 2. The maximum absolute atomic E-state index is 13.4. The molecular formula is C12H16FNO. The summed E-state index contributed by atoms with van der Waals surface area (Å²) in [6.45, 7) is 3.82. The van der Waals surface area contributed by atoms with Gasteiger partial charge in [0.05, 0.1) is 0 Å². The molecule has 1 aliphatic rings. The number of anilines is 1. The average Bonchev–Trinajstić information content (AvgIpc) is 2.16. The molecule has 0 saturated heterocycles. The maximum Gasteiger partial charge on any atom is 0.242 e. The van der Waals surface area contributed by atoms with Gasteiger partial charge in [-0.15, -0.1) is 0 Å². The molecule has 0 aliphatic carbocycles. The van der Waals surface area contributed by atoms with E-state index < -0.39 is 5.85 Å². The number of hydrogen-bond donors (Lipinski definition) is 1. The summed E-state index contributed by atoms with van der Waals surface area (Å²) in [6.07, 6.45) is 2.02. The van der Waals surface area contributed by atoms with Crippen molar-refractivity contribution in [3.63, 3.8) is 0 Å². The third-order valence-electron chi connectivity index (χ3n) is 2.40. The molecule has 0 fully saturated rings. The van der Waals surface area contributed by atoms with Crippen LogP contribution in [-0.4, -0.2) is 12.4 Å². The summed E-state index contributed by atoms with van der Waals surface area (Å²) in [6, 6.07) is 5.72. The van der Waals surface area contributed by atoms with Crippen molar-refractivity contribution in [3.05, 3.63) is 23.8 Å². The van der Waals surface area contributed by atoms with Crippen LogP contribution in [0.25, 0.3) is 0 Å². The standard InChI is InChI=1S/C12H16FNO/c1-12(2,13)15-11-7-3-6-10-9(11)5-4-8-14-10/h3,6-7,14H,4-5,8H2,1-2H3. The molecule has 2 nitrogen and oxygen atoms in total. The minimum Gasteiger partial charge on any atom is -0.458 e. The second kappa shape index (κ2) is 3.72. The smallest absolute Gasteiger partial charge is 0.242 e. The largest absolute Gasteiger partial charge is 0.458 e. The Morgan fingerprint density at radius 2 is 2.20 bits per heavy atom. The summed E-state index contributed by atoms with van der Waals surface area (Å²) in [5, 5.41) is 3.29. The molecule has 0 unspecified atom stereocenters. The van der Waals surface area contributed by atoms with Crippen LogP contribution in [0.15, 0.2) is 18.2 Å². The molecular weight excluding hydrogens is 193 g/mol. The lowest BCUT2D eigenvalue weighted by atomic mass is 10.0. The van der Waals surface area contributed by atoms with E-state index in [9.17, 15) is 4.39 Å². The average molecular weight is 209 g/mol. The molecule has 1 aliphatic heterocycles. The van der Waals surface area contributed by atoms with Crippen LogP contribution in [0.3, 0.4) is 0 Å². The van der Waals surface area contributed by atoms with Crippen LogP contribution in [0, 0.1) is 0 Å². The third-order valence-corrected chi connectivity index (χ3v) is 2.40. The van der Waals surface area contributed by atoms with Crippen molar-refractivity contribution in [2.24, 2.45) is 0 Å². The molecule has 0 saturated carbocycles. The van der Waals surface area contributed by atoms with Gasteiger partial charge < -0.3 is 10.1 Å². The van der Waals surface area contributed by atoms with Crippen LogP contribution >= 0.6 is 0 Å². The Morgan fingerprint density at radius 3 is 2.93 bits per heavy atom. The van der Waals surface area contributed by atoms with Crippen LogP contribution in [0.4, 0.5) is 10.1 Å². The summed E-state index contributed by atoms with van der Waals surface area (Å²) in [4.78, 5) is 0. The Hall–Kier alpha value is -1.25.